The Hall–Kier alpha value is -2.45. The van der Waals surface area contributed by atoms with Crippen LogP contribution in [0.15, 0.2) is 30.3 Å². The number of hydrogen-bond donors (Lipinski definition) is 3. The maximum absolute atomic E-state index is 14.4. The van der Waals surface area contributed by atoms with Gasteiger partial charge in [0.05, 0.1) is 30.1 Å². The summed E-state index contributed by atoms with van der Waals surface area (Å²) in [4.78, 5) is 44.1. The Balaban J connectivity index is 1.74. The van der Waals surface area contributed by atoms with Crippen LogP contribution in [0.2, 0.25) is 0 Å². The molecule has 2 bridgehead atoms. The Labute approximate surface area is 239 Å². The highest BCUT2D eigenvalue weighted by molar-refractivity contribution is 5.99. The molecule has 3 heterocycles. The van der Waals surface area contributed by atoms with E-state index in [0.29, 0.717) is 13.0 Å². The van der Waals surface area contributed by atoms with E-state index >= 15 is 0 Å². The molecule has 0 saturated carbocycles. The summed E-state index contributed by atoms with van der Waals surface area (Å²) in [6.07, 6.45) is 1.23. The van der Waals surface area contributed by atoms with Crippen LogP contribution in [-0.4, -0.2) is 63.2 Å². The molecule has 3 aliphatic rings. The third kappa shape index (κ3) is 5.18. The highest BCUT2D eigenvalue weighted by atomic mass is 16.5. The molecule has 3 N–H and O–H groups in total. The summed E-state index contributed by atoms with van der Waals surface area (Å²) in [5, 5.41) is 16.7. The van der Waals surface area contributed by atoms with Crippen molar-refractivity contribution in [1.82, 2.24) is 15.5 Å². The summed E-state index contributed by atoms with van der Waals surface area (Å²) in [6, 6.07) is 8.13. The Morgan fingerprint density at radius 1 is 1.12 bits per heavy atom. The standard InChI is InChI=1S/C32H49N3O5/c1-19(2)22(17-36)35-25(27(38)34-30(7,8)18-29(4,5)6)32-15-20(3)31(9,40-32)23(24(32)28(35)39)26(37)33-16-21-13-11-10-12-14-21/h10-14,19-20,22-25,36H,15-18H2,1-9H3,(H,33,37)(H,34,38)/t20?,22-,23-,24-,25?,31+,32?/m0/s1. The number of rotatable bonds is 9. The summed E-state index contributed by atoms with van der Waals surface area (Å²) in [6.45, 7) is 18.3. The fraction of sp³-hybridized carbons (Fsp3) is 0.719. The molecule has 3 fully saturated rings. The number of ether oxygens (including phenoxy) is 1. The van der Waals surface area contributed by atoms with Gasteiger partial charge in [-0.05, 0) is 56.4 Å². The molecular formula is C32H49N3O5. The van der Waals surface area contributed by atoms with Gasteiger partial charge in [0.25, 0.3) is 0 Å². The maximum Gasteiger partial charge on any atom is 0.246 e. The molecule has 1 aromatic rings. The van der Waals surface area contributed by atoms with Crippen LogP contribution in [0.1, 0.15) is 80.7 Å². The van der Waals surface area contributed by atoms with Gasteiger partial charge in [0.1, 0.15) is 11.6 Å². The van der Waals surface area contributed by atoms with Gasteiger partial charge >= 0.3 is 0 Å². The maximum atomic E-state index is 14.4. The number of aliphatic hydroxyl groups excluding tert-OH is 1. The van der Waals surface area contributed by atoms with Crippen LogP contribution >= 0.6 is 0 Å². The SMILES string of the molecule is CC(C)[C@H](CO)N1C(=O)[C@@H]2[C@@H](C(=O)NCc3ccccc3)[C@]3(C)OC2(CC3C)C1C(=O)NC(C)(C)CC(C)(C)C. The van der Waals surface area contributed by atoms with Crippen LogP contribution in [0.3, 0.4) is 0 Å². The molecule has 3 amide bonds. The van der Waals surface area contributed by atoms with Gasteiger partial charge in [-0.2, -0.15) is 0 Å². The molecule has 222 valence electrons. The summed E-state index contributed by atoms with van der Waals surface area (Å²) >= 11 is 0. The minimum absolute atomic E-state index is 0.0272. The van der Waals surface area contributed by atoms with Crippen LogP contribution in [0.4, 0.5) is 0 Å². The second kappa shape index (κ2) is 10.4. The Morgan fingerprint density at radius 2 is 1.75 bits per heavy atom. The first kappa shape index (κ1) is 30.5. The lowest BCUT2D eigenvalue weighted by Gasteiger charge is -2.41. The number of aliphatic hydroxyl groups is 1. The summed E-state index contributed by atoms with van der Waals surface area (Å²) in [7, 11) is 0. The Kier molecular flexibility index (Phi) is 7.95. The van der Waals surface area contributed by atoms with Crippen LogP contribution in [0.25, 0.3) is 0 Å². The Morgan fingerprint density at radius 3 is 2.30 bits per heavy atom. The van der Waals surface area contributed by atoms with Crippen molar-refractivity contribution in [3.63, 3.8) is 0 Å². The van der Waals surface area contributed by atoms with Gasteiger partial charge in [0.2, 0.25) is 17.7 Å². The van der Waals surface area contributed by atoms with Crippen molar-refractivity contribution in [2.24, 2.45) is 29.1 Å². The molecule has 1 aromatic carbocycles. The van der Waals surface area contributed by atoms with Crippen LogP contribution in [0, 0.1) is 29.1 Å². The van der Waals surface area contributed by atoms with E-state index < -0.39 is 40.7 Å². The lowest BCUT2D eigenvalue weighted by atomic mass is 9.62. The predicted octanol–water partition coefficient (Wildman–Crippen LogP) is 3.66. The number of fused-ring (bicyclic) bond motifs is 1. The molecule has 8 heteroatoms. The fourth-order valence-electron chi connectivity index (χ4n) is 8.02. The molecule has 7 atom stereocenters. The van der Waals surface area contributed by atoms with Crippen molar-refractivity contribution in [3.05, 3.63) is 35.9 Å². The predicted molar refractivity (Wildman–Crippen MR) is 154 cm³/mol. The molecule has 0 aliphatic carbocycles. The van der Waals surface area contributed by atoms with Crippen molar-refractivity contribution in [2.75, 3.05) is 6.61 Å². The van der Waals surface area contributed by atoms with Gasteiger partial charge in [-0.25, -0.2) is 0 Å². The van der Waals surface area contributed by atoms with Crippen molar-refractivity contribution in [1.29, 1.82) is 0 Å². The molecule has 1 spiro atoms. The summed E-state index contributed by atoms with van der Waals surface area (Å²) in [5.41, 5.74) is -1.64. The zero-order valence-electron chi connectivity index (χ0n) is 25.7. The molecule has 0 radical (unpaired) electrons. The van der Waals surface area contributed by atoms with Crippen LogP contribution in [0.5, 0.6) is 0 Å². The molecule has 40 heavy (non-hydrogen) atoms. The van der Waals surface area contributed by atoms with Crippen LogP contribution in [-0.2, 0) is 25.7 Å². The van der Waals surface area contributed by atoms with Gasteiger partial charge in [-0.1, -0.05) is 71.9 Å². The normalized spacial score (nSPS) is 32.4. The second-order valence-corrected chi connectivity index (χ2v) is 14.8. The lowest BCUT2D eigenvalue weighted by Crippen LogP contribution is -2.62. The average Bonchev–Trinajstić information content (AvgIpc) is 3.33. The van der Waals surface area contributed by atoms with E-state index in [1.165, 1.54) is 0 Å². The number of amides is 3. The highest BCUT2D eigenvalue weighted by Gasteiger charge is 2.80. The van der Waals surface area contributed by atoms with Gasteiger partial charge in [0, 0.05) is 12.1 Å². The molecule has 3 unspecified atom stereocenters. The largest absolute Gasteiger partial charge is 0.394 e. The van der Waals surface area contributed by atoms with Crippen molar-refractivity contribution in [2.45, 2.75) is 111 Å². The minimum Gasteiger partial charge on any atom is -0.394 e. The quantitative estimate of drug-likeness (QED) is 0.431. The fourth-order valence-corrected chi connectivity index (χ4v) is 8.02. The highest BCUT2D eigenvalue weighted by Crippen LogP contribution is 2.65. The first-order valence-corrected chi connectivity index (χ1v) is 14.7. The van der Waals surface area contributed by atoms with Crippen LogP contribution < -0.4 is 10.6 Å². The summed E-state index contributed by atoms with van der Waals surface area (Å²) < 4.78 is 6.83. The molecule has 3 aliphatic heterocycles. The smallest absolute Gasteiger partial charge is 0.246 e. The zero-order chi connectivity index (χ0) is 29.8. The van der Waals surface area contributed by atoms with Gasteiger partial charge in [-0.15, -0.1) is 0 Å². The average molecular weight is 556 g/mol. The molecule has 0 aromatic heterocycles. The van der Waals surface area contributed by atoms with E-state index in [-0.39, 0.29) is 41.6 Å². The van der Waals surface area contributed by atoms with Crippen molar-refractivity contribution < 1.29 is 24.2 Å². The van der Waals surface area contributed by atoms with Gasteiger partial charge < -0.3 is 25.4 Å². The first-order valence-electron chi connectivity index (χ1n) is 14.7. The molecule has 8 nitrogen and oxygen atoms in total. The van der Waals surface area contributed by atoms with E-state index in [2.05, 4.69) is 31.4 Å². The van der Waals surface area contributed by atoms with Gasteiger partial charge in [-0.3, -0.25) is 14.4 Å². The van der Waals surface area contributed by atoms with Gasteiger partial charge in [0.15, 0.2) is 0 Å². The Bertz CT molecular complexity index is 1130. The first-order chi connectivity index (χ1) is 18.5. The summed E-state index contributed by atoms with van der Waals surface area (Å²) in [5.74, 6) is -2.51. The van der Waals surface area contributed by atoms with E-state index in [0.717, 1.165) is 12.0 Å². The third-order valence-electron chi connectivity index (χ3n) is 9.34. The topological polar surface area (TPSA) is 108 Å². The molecule has 4 rings (SSSR count). The zero-order valence-corrected chi connectivity index (χ0v) is 25.7. The number of nitrogens with zero attached hydrogens (tertiary/aromatic N) is 1. The number of carbonyl (C=O) groups is 3. The number of benzene rings is 1. The van der Waals surface area contributed by atoms with E-state index in [1.807, 2.05) is 71.9 Å². The lowest BCUT2D eigenvalue weighted by molar-refractivity contribution is -0.152. The van der Waals surface area contributed by atoms with E-state index in [4.69, 9.17) is 4.74 Å². The number of hydrogen-bond acceptors (Lipinski definition) is 5. The van der Waals surface area contributed by atoms with E-state index in [9.17, 15) is 19.5 Å². The molecular weight excluding hydrogens is 506 g/mol. The number of likely N-dealkylation sites (tertiary alicyclic amines) is 1. The number of carbonyl (C=O) groups excluding carboxylic acids is 3. The van der Waals surface area contributed by atoms with Crippen molar-refractivity contribution in [3.8, 4) is 0 Å². The number of nitrogens with one attached hydrogen (secondary N) is 2. The monoisotopic (exact) mass is 555 g/mol. The second-order valence-electron chi connectivity index (χ2n) is 14.8. The third-order valence-corrected chi connectivity index (χ3v) is 9.34. The van der Waals surface area contributed by atoms with Crippen molar-refractivity contribution >= 4 is 17.7 Å². The molecule has 3 saturated heterocycles. The van der Waals surface area contributed by atoms with E-state index in [1.54, 1.807) is 4.90 Å². The minimum atomic E-state index is -1.15.